The maximum atomic E-state index is 6.08. The average Bonchev–Trinajstić information content (AvgIpc) is 2.74. The van der Waals surface area contributed by atoms with Crippen LogP contribution < -0.4 is 5.32 Å². The van der Waals surface area contributed by atoms with E-state index in [0.717, 1.165) is 42.7 Å². The first-order chi connectivity index (χ1) is 9.93. The molecular formula is C16H30BrN3O. The van der Waals surface area contributed by atoms with E-state index >= 15 is 0 Å². The first-order valence-electron chi connectivity index (χ1n) is 8.02. The molecule has 21 heavy (non-hydrogen) atoms. The molecule has 2 unspecified atom stereocenters. The minimum Gasteiger partial charge on any atom is -0.374 e. The van der Waals surface area contributed by atoms with Crippen LogP contribution in [0.1, 0.15) is 52.4 Å². The lowest BCUT2D eigenvalue weighted by Crippen LogP contribution is -2.52. The first kappa shape index (κ1) is 18.7. The summed E-state index contributed by atoms with van der Waals surface area (Å²) in [5.41, 5.74) is 2.14. The number of nitrogens with one attached hydrogen (secondary N) is 1. The summed E-state index contributed by atoms with van der Waals surface area (Å²) in [7, 11) is 0. The second kappa shape index (κ2) is 8.30. The van der Waals surface area contributed by atoms with E-state index in [-0.39, 0.29) is 11.6 Å². The van der Waals surface area contributed by atoms with Gasteiger partial charge in [0.2, 0.25) is 0 Å². The second-order valence-electron chi connectivity index (χ2n) is 5.58. The van der Waals surface area contributed by atoms with Crippen molar-refractivity contribution in [3.8, 4) is 0 Å². The van der Waals surface area contributed by atoms with Crippen LogP contribution in [0.3, 0.4) is 0 Å². The molecule has 0 spiro atoms. The number of ether oxygens (including phenoxy) is 1. The van der Waals surface area contributed by atoms with Gasteiger partial charge in [0.15, 0.2) is 0 Å². The van der Waals surface area contributed by atoms with Gasteiger partial charge in [0.25, 0.3) is 0 Å². The van der Waals surface area contributed by atoms with Crippen molar-refractivity contribution >= 4 is 15.9 Å². The lowest BCUT2D eigenvalue weighted by molar-refractivity contribution is -0.0551. The summed E-state index contributed by atoms with van der Waals surface area (Å²) in [5, 5.41) is 8.21. The van der Waals surface area contributed by atoms with E-state index in [2.05, 4.69) is 65.6 Å². The molecule has 1 rings (SSSR count). The molecule has 0 aromatic carbocycles. The molecule has 1 aromatic heterocycles. The highest BCUT2D eigenvalue weighted by molar-refractivity contribution is 9.10. The van der Waals surface area contributed by atoms with Crippen molar-refractivity contribution in [3.63, 3.8) is 0 Å². The van der Waals surface area contributed by atoms with Crippen molar-refractivity contribution in [2.75, 3.05) is 13.2 Å². The summed E-state index contributed by atoms with van der Waals surface area (Å²) in [5.74, 6) is 0. The van der Waals surface area contributed by atoms with E-state index in [1.165, 1.54) is 5.69 Å². The third-order valence-corrected chi connectivity index (χ3v) is 5.25. The molecule has 0 saturated carbocycles. The maximum absolute atomic E-state index is 6.08. The number of nitrogens with zero attached hydrogens (tertiary/aromatic N) is 2. The van der Waals surface area contributed by atoms with Gasteiger partial charge in [0.1, 0.15) is 0 Å². The van der Waals surface area contributed by atoms with Crippen molar-refractivity contribution in [1.29, 1.82) is 0 Å². The lowest BCUT2D eigenvalue weighted by atomic mass is 9.89. The highest BCUT2D eigenvalue weighted by Gasteiger charge is 2.34. The van der Waals surface area contributed by atoms with Crippen LogP contribution in [0.15, 0.2) is 4.47 Å². The molecule has 1 heterocycles. The van der Waals surface area contributed by atoms with Gasteiger partial charge in [-0.15, -0.1) is 0 Å². The van der Waals surface area contributed by atoms with E-state index < -0.39 is 0 Å². The van der Waals surface area contributed by atoms with Crippen LogP contribution in [0.25, 0.3) is 0 Å². The maximum Gasteiger partial charge on any atom is 0.0807 e. The monoisotopic (exact) mass is 359 g/mol. The van der Waals surface area contributed by atoms with E-state index in [1.54, 1.807) is 0 Å². The molecule has 0 radical (unpaired) electrons. The Morgan fingerprint density at radius 2 is 2.00 bits per heavy atom. The molecule has 0 aliphatic carbocycles. The number of hydrogen-bond donors (Lipinski definition) is 1. The molecule has 5 heteroatoms. The van der Waals surface area contributed by atoms with E-state index in [4.69, 9.17) is 4.74 Å². The fraction of sp³-hybridized carbons (Fsp3) is 0.812. The Labute approximate surface area is 137 Å². The van der Waals surface area contributed by atoms with E-state index in [1.807, 2.05) is 6.92 Å². The van der Waals surface area contributed by atoms with Gasteiger partial charge in [-0.25, -0.2) is 0 Å². The number of aromatic nitrogens is 2. The average molecular weight is 360 g/mol. The van der Waals surface area contributed by atoms with Crippen molar-refractivity contribution < 1.29 is 4.74 Å². The van der Waals surface area contributed by atoms with Crippen LogP contribution in [0.2, 0.25) is 0 Å². The minimum atomic E-state index is -0.166. The number of rotatable bonds is 9. The zero-order chi connectivity index (χ0) is 16.0. The highest BCUT2D eigenvalue weighted by Crippen LogP contribution is 2.28. The van der Waals surface area contributed by atoms with Crippen LogP contribution in [-0.2, 0) is 17.7 Å². The molecule has 122 valence electrons. The first-order valence-corrected chi connectivity index (χ1v) is 8.81. The van der Waals surface area contributed by atoms with Crippen LogP contribution in [-0.4, -0.2) is 34.6 Å². The zero-order valence-corrected chi connectivity index (χ0v) is 15.9. The Morgan fingerprint density at radius 3 is 2.48 bits per heavy atom. The third-order valence-electron chi connectivity index (χ3n) is 4.21. The molecule has 0 amide bonds. The summed E-state index contributed by atoms with van der Waals surface area (Å²) in [6.45, 7) is 15.3. The topological polar surface area (TPSA) is 39.1 Å². The molecule has 0 fully saturated rings. The number of likely N-dealkylation sites (N-methyl/N-ethyl adjacent to an activating group) is 1. The van der Waals surface area contributed by atoms with Crippen molar-refractivity contribution in [3.05, 3.63) is 15.9 Å². The molecule has 1 aromatic rings. The molecule has 0 bridgehead atoms. The number of aryl methyl sites for hydroxylation is 2. The van der Waals surface area contributed by atoms with Gasteiger partial charge in [0, 0.05) is 25.6 Å². The molecule has 0 saturated heterocycles. The van der Waals surface area contributed by atoms with Crippen molar-refractivity contribution in [2.45, 2.75) is 72.6 Å². The predicted molar refractivity (Wildman–Crippen MR) is 91.8 cm³/mol. The summed E-state index contributed by atoms with van der Waals surface area (Å²) >= 11 is 3.70. The third kappa shape index (κ3) is 4.30. The largest absolute Gasteiger partial charge is 0.374 e. The Morgan fingerprint density at radius 1 is 1.33 bits per heavy atom. The smallest absolute Gasteiger partial charge is 0.0807 e. The second-order valence-corrected chi connectivity index (χ2v) is 6.37. The summed E-state index contributed by atoms with van der Waals surface area (Å²) in [4.78, 5) is 0. The molecular weight excluding hydrogens is 330 g/mol. The SMILES string of the molecule is CCNC(Cc1c(Br)c(C)nn1CC)C(C)(CC)OCC. The Balaban J connectivity index is 3.08. The molecule has 2 atom stereocenters. The molecule has 0 aliphatic heterocycles. The summed E-state index contributed by atoms with van der Waals surface area (Å²) < 4.78 is 9.29. The Kier molecular flexibility index (Phi) is 7.37. The highest BCUT2D eigenvalue weighted by atomic mass is 79.9. The Hall–Kier alpha value is -0.390. The van der Waals surface area contributed by atoms with Gasteiger partial charge in [-0.1, -0.05) is 13.8 Å². The van der Waals surface area contributed by atoms with Crippen LogP contribution in [0.5, 0.6) is 0 Å². The normalized spacial score (nSPS) is 16.0. The van der Waals surface area contributed by atoms with Gasteiger partial charge < -0.3 is 10.1 Å². The van der Waals surface area contributed by atoms with Crippen molar-refractivity contribution in [1.82, 2.24) is 15.1 Å². The van der Waals surface area contributed by atoms with Gasteiger partial charge in [-0.05, 0) is 56.6 Å². The summed E-state index contributed by atoms with van der Waals surface area (Å²) in [6.07, 6.45) is 1.89. The molecule has 1 N–H and O–H groups in total. The lowest BCUT2D eigenvalue weighted by Gasteiger charge is -2.37. The predicted octanol–water partition coefficient (Wildman–Crippen LogP) is 3.70. The molecule has 0 aliphatic rings. The number of halogens is 1. The fourth-order valence-corrected chi connectivity index (χ4v) is 3.23. The standard InChI is InChI=1S/C16H30BrN3O/c1-7-16(6,21-10-4)14(18-8-2)11-13-15(17)12(5)19-20(13)9-3/h14,18H,7-11H2,1-6H3. The van der Waals surface area contributed by atoms with Gasteiger partial charge >= 0.3 is 0 Å². The van der Waals surface area contributed by atoms with Gasteiger partial charge in [0.05, 0.1) is 21.5 Å². The number of hydrogen-bond acceptors (Lipinski definition) is 3. The van der Waals surface area contributed by atoms with E-state index in [0.29, 0.717) is 0 Å². The molecule has 4 nitrogen and oxygen atoms in total. The quantitative estimate of drug-likeness (QED) is 0.730. The van der Waals surface area contributed by atoms with Crippen molar-refractivity contribution in [2.24, 2.45) is 0 Å². The van der Waals surface area contributed by atoms with Gasteiger partial charge in [-0.2, -0.15) is 5.10 Å². The minimum absolute atomic E-state index is 0.166. The van der Waals surface area contributed by atoms with Crippen LogP contribution in [0.4, 0.5) is 0 Å². The fourth-order valence-electron chi connectivity index (χ4n) is 2.79. The summed E-state index contributed by atoms with van der Waals surface area (Å²) in [6, 6.07) is 0.269. The van der Waals surface area contributed by atoms with Crippen LogP contribution >= 0.6 is 15.9 Å². The van der Waals surface area contributed by atoms with Gasteiger partial charge in [-0.3, -0.25) is 4.68 Å². The van der Waals surface area contributed by atoms with Crippen LogP contribution in [0, 0.1) is 6.92 Å². The Bertz CT molecular complexity index is 447. The van der Waals surface area contributed by atoms with E-state index in [9.17, 15) is 0 Å². The zero-order valence-electron chi connectivity index (χ0n) is 14.3.